The summed E-state index contributed by atoms with van der Waals surface area (Å²) in [7, 11) is 1.83. The molecule has 2 rings (SSSR count). The van der Waals surface area contributed by atoms with Crippen molar-refractivity contribution in [2.45, 2.75) is 69.5 Å². The molecule has 1 heterocycles. The van der Waals surface area contributed by atoms with Crippen LogP contribution < -0.4 is 0 Å². The van der Waals surface area contributed by atoms with Gasteiger partial charge in [0.15, 0.2) is 0 Å². The predicted molar refractivity (Wildman–Crippen MR) is 73.9 cm³/mol. The maximum atomic E-state index is 12.2. The summed E-state index contributed by atoms with van der Waals surface area (Å²) in [5.74, 6) is 0.0542. The Balaban J connectivity index is 1.77. The van der Waals surface area contributed by atoms with E-state index in [4.69, 9.17) is 4.74 Å². The van der Waals surface area contributed by atoms with E-state index >= 15 is 0 Å². The summed E-state index contributed by atoms with van der Waals surface area (Å²) >= 11 is 0. The molecule has 1 unspecified atom stereocenters. The molecule has 1 aliphatic heterocycles. The molecular formula is C15H27NO3. The van der Waals surface area contributed by atoms with E-state index in [1.165, 1.54) is 12.8 Å². The van der Waals surface area contributed by atoms with E-state index < -0.39 is 5.60 Å². The lowest BCUT2D eigenvalue weighted by Crippen LogP contribution is -2.42. The van der Waals surface area contributed by atoms with Gasteiger partial charge in [0.1, 0.15) is 0 Å². The summed E-state index contributed by atoms with van der Waals surface area (Å²) in [5, 5.41) is 10.4. The summed E-state index contributed by atoms with van der Waals surface area (Å²) in [6, 6.07) is 0. The average Bonchev–Trinajstić information content (AvgIpc) is 2.40. The highest BCUT2D eigenvalue weighted by atomic mass is 16.5. The Labute approximate surface area is 116 Å². The fourth-order valence-electron chi connectivity index (χ4n) is 3.16. The van der Waals surface area contributed by atoms with Crippen molar-refractivity contribution in [1.82, 2.24) is 4.90 Å². The van der Waals surface area contributed by atoms with E-state index in [1.807, 2.05) is 7.05 Å². The lowest BCUT2D eigenvalue weighted by atomic mass is 9.82. The first kappa shape index (κ1) is 14.8. The number of carbonyl (C=O) groups is 1. The van der Waals surface area contributed by atoms with E-state index in [1.54, 1.807) is 4.90 Å². The Morgan fingerprint density at radius 3 is 2.63 bits per heavy atom. The molecule has 1 aliphatic carbocycles. The maximum absolute atomic E-state index is 12.2. The Hall–Kier alpha value is -0.610. The van der Waals surface area contributed by atoms with Crippen molar-refractivity contribution >= 4 is 5.91 Å². The van der Waals surface area contributed by atoms with Crippen LogP contribution in [0.1, 0.15) is 57.8 Å². The number of carbonyl (C=O) groups excluding carboxylic acids is 1. The van der Waals surface area contributed by atoms with Crippen molar-refractivity contribution in [2.24, 2.45) is 0 Å². The van der Waals surface area contributed by atoms with Gasteiger partial charge in [-0.15, -0.1) is 0 Å². The highest BCUT2D eigenvalue weighted by molar-refractivity contribution is 5.77. The smallest absolute Gasteiger partial charge is 0.225 e. The fourth-order valence-corrected chi connectivity index (χ4v) is 3.16. The minimum absolute atomic E-state index is 0.0542. The molecule has 2 fully saturated rings. The highest BCUT2D eigenvalue weighted by Crippen LogP contribution is 2.31. The molecule has 19 heavy (non-hydrogen) atoms. The molecule has 1 amide bonds. The second kappa shape index (κ2) is 6.71. The number of aliphatic hydroxyl groups is 1. The Morgan fingerprint density at radius 1 is 1.26 bits per heavy atom. The van der Waals surface area contributed by atoms with E-state index in [0.717, 1.165) is 45.1 Å². The SMILES string of the molecule is CN(CC1CCCCO1)C(=O)CC1(O)CCCCC1. The molecule has 110 valence electrons. The number of hydrogen-bond acceptors (Lipinski definition) is 3. The summed E-state index contributed by atoms with van der Waals surface area (Å²) < 4.78 is 5.66. The summed E-state index contributed by atoms with van der Waals surface area (Å²) in [5.41, 5.74) is -0.753. The summed E-state index contributed by atoms with van der Waals surface area (Å²) in [6.45, 7) is 1.48. The van der Waals surface area contributed by atoms with Crippen LogP contribution in [0.3, 0.4) is 0 Å². The van der Waals surface area contributed by atoms with Gasteiger partial charge in [-0.25, -0.2) is 0 Å². The molecule has 4 nitrogen and oxygen atoms in total. The molecule has 1 saturated carbocycles. The van der Waals surface area contributed by atoms with Crippen molar-refractivity contribution in [2.75, 3.05) is 20.2 Å². The molecule has 1 atom stereocenters. The van der Waals surface area contributed by atoms with Crippen LogP contribution in [0.15, 0.2) is 0 Å². The van der Waals surface area contributed by atoms with Gasteiger partial charge in [-0.05, 0) is 32.1 Å². The molecule has 1 saturated heterocycles. The van der Waals surface area contributed by atoms with Crippen LogP contribution >= 0.6 is 0 Å². The van der Waals surface area contributed by atoms with Crippen molar-refractivity contribution < 1.29 is 14.6 Å². The molecule has 0 aromatic rings. The standard InChI is InChI=1S/C15H27NO3/c1-16(12-13-7-3-6-10-19-13)14(17)11-15(18)8-4-2-5-9-15/h13,18H,2-12H2,1H3. The number of hydrogen-bond donors (Lipinski definition) is 1. The van der Waals surface area contributed by atoms with Crippen molar-refractivity contribution in [1.29, 1.82) is 0 Å². The molecule has 0 radical (unpaired) electrons. The van der Waals surface area contributed by atoms with Gasteiger partial charge in [0.2, 0.25) is 5.91 Å². The van der Waals surface area contributed by atoms with Crippen LogP contribution in [0.25, 0.3) is 0 Å². The number of amides is 1. The van der Waals surface area contributed by atoms with Gasteiger partial charge >= 0.3 is 0 Å². The van der Waals surface area contributed by atoms with Gasteiger partial charge in [0.25, 0.3) is 0 Å². The van der Waals surface area contributed by atoms with Gasteiger partial charge in [0.05, 0.1) is 18.1 Å². The monoisotopic (exact) mass is 269 g/mol. The van der Waals surface area contributed by atoms with Crippen LogP contribution in [0.5, 0.6) is 0 Å². The topological polar surface area (TPSA) is 49.8 Å². The molecular weight excluding hydrogens is 242 g/mol. The van der Waals surface area contributed by atoms with E-state index in [0.29, 0.717) is 6.54 Å². The van der Waals surface area contributed by atoms with Crippen LogP contribution in [0, 0.1) is 0 Å². The first-order chi connectivity index (χ1) is 9.09. The van der Waals surface area contributed by atoms with Gasteiger partial charge in [-0.2, -0.15) is 0 Å². The second-order valence-electron chi connectivity index (χ2n) is 6.22. The number of likely N-dealkylation sites (N-methyl/N-ethyl adjacent to an activating group) is 1. The van der Waals surface area contributed by atoms with Crippen molar-refractivity contribution in [3.05, 3.63) is 0 Å². The maximum Gasteiger partial charge on any atom is 0.225 e. The highest BCUT2D eigenvalue weighted by Gasteiger charge is 2.33. The first-order valence-electron chi connectivity index (χ1n) is 7.67. The van der Waals surface area contributed by atoms with Crippen LogP contribution in [0.2, 0.25) is 0 Å². The molecule has 0 bridgehead atoms. The van der Waals surface area contributed by atoms with Gasteiger partial charge < -0.3 is 14.7 Å². The van der Waals surface area contributed by atoms with Crippen molar-refractivity contribution in [3.63, 3.8) is 0 Å². The molecule has 0 aromatic heterocycles. The number of ether oxygens (including phenoxy) is 1. The van der Waals surface area contributed by atoms with Gasteiger partial charge in [-0.3, -0.25) is 4.79 Å². The quantitative estimate of drug-likeness (QED) is 0.850. The number of nitrogens with zero attached hydrogens (tertiary/aromatic N) is 1. The van der Waals surface area contributed by atoms with E-state index in [9.17, 15) is 9.90 Å². The third-order valence-corrected chi connectivity index (χ3v) is 4.44. The lowest BCUT2D eigenvalue weighted by Gasteiger charge is -2.34. The molecule has 0 aromatic carbocycles. The Bertz CT molecular complexity index is 294. The zero-order valence-electron chi connectivity index (χ0n) is 12.1. The van der Waals surface area contributed by atoms with E-state index in [2.05, 4.69) is 0 Å². The van der Waals surface area contributed by atoms with Crippen molar-refractivity contribution in [3.8, 4) is 0 Å². The molecule has 0 spiro atoms. The normalized spacial score (nSPS) is 26.9. The van der Waals surface area contributed by atoms with Crippen LogP contribution in [-0.4, -0.2) is 47.8 Å². The molecule has 1 N–H and O–H groups in total. The summed E-state index contributed by atoms with van der Waals surface area (Å²) in [6.07, 6.45) is 8.63. The lowest BCUT2D eigenvalue weighted by molar-refractivity contribution is -0.138. The minimum atomic E-state index is -0.753. The molecule has 4 heteroatoms. The first-order valence-corrected chi connectivity index (χ1v) is 7.67. The van der Waals surface area contributed by atoms with Gasteiger partial charge in [0, 0.05) is 20.2 Å². The van der Waals surface area contributed by atoms with Gasteiger partial charge in [-0.1, -0.05) is 19.3 Å². The average molecular weight is 269 g/mol. The second-order valence-corrected chi connectivity index (χ2v) is 6.22. The third-order valence-electron chi connectivity index (χ3n) is 4.44. The largest absolute Gasteiger partial charge is 0.389 e. The Kier molecular flexibility index (Phi) is 5.22. The van der Waals surface area contributed by atoms with E-state index in [-0.39, 0.29) is 18.4 Å². The number of rotatable bonds is 4. The zero-order chi connectivity index (χ0) is 13.7. The predicted octanol–water partition coefficient (Wildman–Crippen LogP) is 2.10. The fraction of sp³-hybridized carbons (Fsp3) is 0.933. The minimum Gasteiger partial charge on any atom is -0.389 e. The van der Waals surface area contributed by atoms with Crippen LogP contribution in [0.4, 0.5) is 0 Å². The van der Waals surface area contributed by atoms with Crippen LogP contribution in [-0.2, 0) is 9.53 Å². The molecule has 2 aliphatic rings. The third kappa shape index (κ3) is 4.46. The zero-order valence-corrected chi connectivity index (χ0v) is 12.1. The summed E-state index contributed by atoms with van der Waals surface area (Å²) in [4.78, 5) is 13.9. The Morgan fingerprint density at radius 2 is 2.00 bits per heavy atom.